The van der Waals surface area contributed by atoms with Crippen LogP contribution in [0.15, 0.2) is 0 Å². The van der Waals surface area contributed by atoms with Gasteiger partial charge in [0, 0.05) is 45.3 Å². The first-order chi connectivity index (χ1) is 12.1. The molecule has 3 rings (SSSR count). The molecule has 1 N–H and O–H groups in total. The fourth-order valence-electron chi connectivity index (χ4n) is 3.97. The molecule has 0 bridgehead atoms. The normalized spacial score (nSPS) is 24.4. The second-order valence-corrected chi connectivity index (χ2v) is 7.47. The van der Waals surface area contributed by atoms with Crippen molar-refractivity contribution in [2.24, 2.45) is 18.9 Å². The molecular weight excluding hydrogens is 354 g/mol. The summed E-state index contributed by atoms with van der Waals surface area (Å²) in [6.07, 6.45) is 3.98. The first kappa shape index (κ1) is 21.1. The molecule has 26 heavy (non-hydrogen) atoms. The first-order valence-corrected chi connectivity index (χ1v) is 9.53. The van der Waals surface area contributed by atoms with Gasteiger partial charge in [0.2, 0.25) is 5.91 Å². The third-order valence-corrected chi connectivity index (χ3v) is 5.64. The highest BCUT2D eigenvalue weighted by molar-refractivity contribution is 5.85. The van der Waals surface area contributed by atoms with Crippen molar-refractivity contribution >= 4 is 18.3 Å². The van der Waals surface area contributed by atoms with Crippen molar-refractivity contribution in [1.82, 2.24) is 25.0 Å². The summed E-state index contributed by atoms with van der Waals surface area (Å²) in [5.74, 6) is 2.77. The van der Waals surface area contributed by atoms with Gasteiger partial charge in [-0.3, -0.25) is 9.69 Å². The molecule has 0 aliphatic carbocycles. The maximum Gasteiger partial charge on any atom is 0.223 e. The molecule has 1 aromatic heterocycles. The topological polar surface area (TPSA) is 72.3 Å². The zero-order valence-electron chi connectivity index (χ0n) is 16.1. The highest BCUT2D eigenvalue weighted by Crippen LogP contribution is 2.24. The number of carbonyl (C=O) groups excluding carboxylic acids is 1. The monoisotopic (exact) mass is 385 g/mol. The molecule has 8 heteroatoms. The van der Waals surface area contributed by atoms with Crippen LogP contribution in [-0.4, -0.2) is 57.9 Å². The lowest BCUT2D eigenvalue weighted by atomic mass is 9.95. The predicted molar refractivity (Wildman–Crippen MR) is 102 cm³/mol. The van der Waals surface area contributed by atoms with E-state index in [-0.39, 0.29) is 30.3 Å². The van der Waals surface area contributed by atoms with Gasteiger partial charge in [0.05, 0.1) is 6.54 Å². The Morgan fingerprint density at radius 3 is 2.62 bits per heavy atom. The Morgan fingerprint density at radius 1 is 1.27 bits per heavy atom. The Kier molecular flexibility index (Phi) is 7.85. The molecule has 0 radical (unpaired) electrons. The fraction of sp³-hybridized carbons (Fsp3) is 0.833. The van der Waals surface area contributed by atoms with E-state index in [1.54, 1.807) is 0 Å². The van der Waals surface area contributed by atoms with Gasteiger partial charge in [-0.05, 0) is 32.1 Å². The average Bonchev–Trinajstić information content (AvgIpc) is 3.14. The number of likely N-dealkylation sites (tertiary alicyclic amines) is 1. The van der Waals surface area contributed by atoms with Crippen molar-refractivity contribution in [3.05, 3.63) is 11.6 Å². The molecular formula is C18H32ClN5O2. The maximum absolute atomic E-state index is 12.6. The van der Waals surface area contributed by atoms with Gasteiger partial charge in [-0.25, -0.2) is 0 Å². The number of carbonyl (C=O) groups is 1. The number of amides is 1. The van der Waals surface area contributed by atoms with Crippen molar-refractivity contribution in [2.45, 2.75) is 52.1 Å². The summed E-state index contributed by atoms with van der Waals surface area (Å²) >= 11 is 0. The van der Waals surface area contributed by atoms with Crippen molar-refractivity contribution in [1.29, 1.82) is 0 Å². The van der Waals surface area contributed by atoms with Gasteiger partial charge in [-0.15, -0.1) is 22.6 Å². The summed E-state index contributed by atoms with van der Waals surface area (Å²) in [5, 5.41) is 11.8. The van der Waals surface area contributed by atoms with E-state index in [4.69, 9.17) is 4.74 Å². The molecule has 0 spiro atoms. The molecule has 2 aliphatic heterocycles. The Labute approximate surface area is 162 Å². The second kappa shape index (κ2) is 9.67. The van der Waals surface area contributed by atoms with Gasteiger partial charge in [0.1, 0.15) is 11.6 Å². The smallest absolute Gasteiger partial charge is 0.223 e. The van der Waals surface area contributed by atoms with E-state index in [2.05, 4.69) is 27.3 Å². The van der Waals surface area contributed by atoms with Crippen molar-refractivity contribution in [3.8, 4) is 0 Å². The molecule has 0 saturated carbocycles. The van der Waals surface area contributed by atoms with Crippen LogP contribution in [0.4, 0.5) is 0 Å². The Hall–Kier alpha value is -1.18. The predicted octanol–water partition coefficient (Wildman–Crippen LogP) is 1.69. The van der Waals surface area contributed by atoms with Crippen LogP contribution in [-0.2, 0) is 23.1 Å². The SMILES string of the molecule is CCC[C@H]1CN(Cc2nnc(C)n2C)C[C@@H]1NC(=O)C1CCOCC1.Cl. The van der Waals surface area contributed by atoms with Crippen molar-refractivity contribution in [2.75, 3.05) is 26.3 Å². The minimum absolute atomic E-state index is 0. The van der Waals surface area contributed by atoms with Crippen LogP contribution in [0.2, 0.25) is 0 Å². The summed E-state index contributed by atoms with van der Waals surface area (Å²) in [4.78, 5) is 15.0. The quantitative estimate of drug-likeness (QED) is 0.806. The van der Waals surface area contributed by atoms with Crippen LogP contribution in [0.5, 0.6) is 0 Å². The summed E-state index contributed by atoms with van der Waals surface area (Å²) in [6.45, 7) is 8.30. The van der Waals surface area contributed by atoms with E-state index >= 15 is 0 Å². The molecule has 7 nitrogen and oxygen atoms in total. The Balaban J connectivity index is 0.00000243. The number of nitrogens with one attached hydrogen (secondary N) is 1. The van der Waals surface area contributed by atoms with Crippen LogP contribution < -0.4 is 5.32 Å². The Morgan fingerprint density at radius 2 is 2.00 bits per heavy atom. The number of ether oxygens (including phenoxy) is 1. The van der Waals surface area contributed by atoms with E-state index in [0.717, 1.165) is 57.0 Å². The molecule has 1 amide bonds. The highest BCUT2D eigenvalue weighted by atomic mass is 35.5. The summed E-state index contributed by atoms with van der Waals surface area (Å²) in [6, 6.07) is 0.240. The first-order valence-electron chi connectivity index (χ1n) is 9.53. The van der Waals surface area contributed by atoms with Gasteiger partial charge in [-0.1, -0.05) is 13.3 Å². The molecule has 148 valence electrons. The van der Waals surface area contributed by atoms with Crippen LogP contribution >= 0.6 is 12.4 Å². The number of aromatic nitrogens is 3. The Bertz CT molecular complexity index is 588. The van der Waals surface area contributed by atoms with Crippen LogP contribution in [0.1, 0.15) is 44.3 Å². The molecule has 3 heterocycles. The lowest BCUT2D eigenvalue weighted by molar-refractivity contribution is -0.128. The lowest BCUT2D eigenvalue weighted by Crippen LogP contribution is -2.44. The largest absolute Gasteiger partial charge is 0.381 e. The molecule has 2 aliphatic rings. The summed E-state index contributed by atoms with van der Waals surface area (Å²) < 4.78 is 7.42. The van der Waals surface area contributed by atoms with E-state index in [1.807, 2.05) is 18.5 Å². The summed E-state index contributed by atoms with van der Waals surface area (Å²) in [5.41, 5.74) is 0. The van der Waals surface area contributed by atoms with Gasteiger partial charge < -0.3 is 14.6 Å². The van der Waals surface area contributed by atoms with Crippen LogP contribution in [0.3, 0.4) is 0 Å². The zero-order valence-corrected chi connectivity index (χ0v) is 16.9. The van der Waals surface area contributed by atoms with Crippen molar-refractivity contribution in [3.63, 3.8) is 0 Å². The number of rotatable bonds is 6. The van der Waals surface area contributed by atoms with Crippen LogP contribution in [0.25, 0.3) is 0 Å². The zero-order chi connectivity index (χ0) is 17.8. The van der Waals surface area contributed by atoms with Crippen LogP contribution in [0, 0.1) is 18.8 Å². The molecule has 2 fully saturated rings. The average molecular weight is 386 g/mol. The third kappa shape index (κ3) is 4.96. The van der Waals surface area contributed by atoms with E-state index < -0.39 is 0 Å². The number of hydrogen-bond donors (Lipinski definition) is 1. The maximum atomic E-state index is 12.6. The highest BCUT2D eigenvalue weighted by Gasteiger charge is 2.35. The number of hydrogen-bond acceptors (Lipinski definition) is 5. The van der Waals surface area contributed by atoms with E-state index in [9.17, 15) is 4.79 Å². The van der Waals surface area contributed by atoms with Gasteiger partial charge in [-0.2, -0.15) is 0 Å². The molecule has 1 aromatic rings. The van der Waals surface area contributed by atoms with Gasteiger partial charge in [0.25, 0.3) is 0 Å². The van der Waals surface area contributed by atoms with E-state index in [1.165, 1.54) is 0 Å². The van der Waals surface area contributed by atoms with E-state index in [0.29, 0.717) is 19.1 Å². The molecule has 2 saturated heterocycles. The summed E-state index contributed by atoms with van der Waals surface area (Å²) in [7, 11) is 2.01. The van der Waals surface area contributed by atoms with Gasteiger partial charge in [0.15, 0.2) is 0 Å². The molecule has 2 atom stereocenters. The second-order valence-electron chi connectivity index (χ2n) is 7.47. The minimum Gasteiger partial charge on any atom is -0.381 e. The number of nitrogens with zero attached hydrogens (tertiary/aromatic N) is 4. The fourth-order valence-corrected chi connectivity index (χ4v) is 3.97. The minimum atomic E-state index is 0. The molecule has 0 unspecified atom stereocenters. The lowest BCUT2D eigenvalue weighted by Gasteiger charge is -2.25. The molecule has 0 aromatic carbocycles. The van der Waals surface area contributed by atoms with Crippen molar-refractivity contribution < 1.29 is 9.53 Å². The standard InChI is InChI=1S/C18H31N5O2.ClH/c1-4-5-15-10-23(12-17-21-20-13(2)22(17)3)11-16(15)19-18(24)14-6-8-25-9-7-14;/h14-16H,4-12H2,1-3H3,(H,19,24);1H/t15-,16-;/m0./s1. The van der Waals surface area contributed by atoms with Gasteiger partial charge >= 0.3 is 0 Å². The number of aryl methyl sites for hydroxylation is 1. The third-order valence-electron chi connectivity index (χ3n) is 5.64. The number of halogens is 1.